The highest BCUT2D eigenvalue weighted by molar-refractivity contribution is 5.16. The van der Waals surface area contributed by atoms with Gasteiger partial charge in [0, 0.05) is 6.42 Å². The van der Waals surface area contributed by atoms with Crippen LogP contribution in [0.15, 0.2) is 0 Å². The zero-order valence-electron chi connectivity index (χ0n) is 4.78. The van der Waals surface area contributed by atoms with Crippen LogP contribution >= 0.6 is 0 Å². The fraction of sp³-hybridized carbons (Fsp3) is 0.667. The van der Waals surface area contributed by atoms with E-state index in [4.69, 9.17) is 11.5 Å². The molecule has 0 aromatic carbocycles. The van der Waals surface area contributed by atoms with Crippen LogP contribution in [-0.2, 0) is 0 Å². The second-order valence-corrected chi connectivity index (χ2v) is 2.20. The van der Waals surface area contributed by atoms with Gasteiger partial charge in [0.2, 0.25) is 0 Å². The molecule has 0 atom stereocenters. The molecule has 0 bridgehead atoms. The van der Waals surface area contributed by atoms with E-state index in [1.807, 2.05) is 0 Å². The molecular formula is C6H10N2. The van der Waals surface area contributed by atoms with Crippen molar-refractivity contribution in [3.05, 3.63) is 0 Å². The lowest BCUT2D eigenvalue weighted by Crippen LogP contribution is -2.48. The second-order valence-electron chi connectivity index (χ2n) is 2.20. The molecule has 44 valence electrons. The van der Waals surface area contributed by atoms with Gasteiger partial charge in [-0.25, -0.2) is 0 Å². The van der Waals surface area contributed by atoms with E-state index in [2.05, 4.69) is 11.8 Å². The van der Waals surface area contributed by atoms with Gasteiger partial charge in [-0.05, 0) is 12.8 Å². The molecule has 4 N–H and O–H groups in total. The molecule has 1 aliphatic rings. The Balaban J connectivity index is 2.65. The lowest BCUT2D eigenvalue weighted by molar-refractivity contribution is 0.496. The third kappa shape index (κ3) is 1.22. The van der Waals surface area contributed by atoms with Crippen molar-refractivity contribution in [1.29, 1.82) is 0 Å². The average molecular weight is 110 g/mol. The predicted octanol–water partition coefficient (Wildman–Crippen LogP) is -0.213. The Kier molecular flexibility index (Phi) is 1.24. The van der Waals surface area contributed by atoms with Crippen LogP contribution in [-0.4, -0.2) is 5.66 Å². The molecule has 0 radical (unpaired) electrons. The summed E-state index contributed by atoms with van der Waals surface area (Å²) in [5, 5.41) is 0. The normalized spacial score (nSPS) is 23.8. The lowest BCUT2D eigenvalue weighted by Gasteiger charge is -2.18. The molecule has 0 saturated carbocycles. The number of hydrogen-bond donors (Lipinski definition) is 2. The number of rotatable bonds is 0. The lowest BCUT2D eigenvalue weighted by atomic mass is 10.0. The molecule has 0 aromatic heterocycles. The van der Waals surface area contributed by atoms with Crippen molar-refractivity contribution in [3.63, 3.8) is 0 Å². The topological polar surface area (TPSA) is 52.0 Å². The highest BCUT2D eigenvalue weighted by Gasteiger charge is 2.16. The summed E-state index contributed by atoms with van der Waals surface area (Å²) in [6, 6.07) is 0. The highest BCUT2D eigenvalue weighted by atomic mass is 14.9. The summed E-state index contributed by atoms with van der Waals surface area (Å²) in [5.74, 6) is 5.64. The largest absolute Gasteiger partial charge is 0.303 e. The Hall–Kier alpha value is -0.520. The molecule has 0 saturated heterocycles. The second kappa shape index (κ2) is 1.77. The van der Waals surface area contributed by atoms with Gasteiger partial charge in [0.05, 0.1) is 0 Å². The van der Waals surface area contributed by atoms with E-state index in [1.165, 1.54) is 0 Å². The Labute approximate surface area is 49.2 Å². The molecule has 0 amide bonds. The molecule has 0 aliphatic heterocycles. The third-order valence-corrected chi connectivity index (χ3v) is 1.21. The molecular weight excluding hydrogens is 100 g/mol. The maximum atomic E-state index is 5.48. The van der Waals surface area contributed by atoms with Crippen LogP contribution in [0.2, 0.25) is 0 Å². The van der Waals surface area contributed by atoms with Gasteiger partial charge in [-0.3, -0.25) is 0 Å². The van der Waals surface area contributed by atoms with E-state index in [0.29, 0.717) is 0 Å². The van der Waals surface area contributed by atoms with Gasteiger partial charge < -0.3 is 11.5 Å². The number of nitrogens with two attached hydrogens (primary N) is 2. The summed E-state index contributed by atoms with van der Waals surface area (Å²) in [6.45, 7) is 0. The molecule has 2 nitrogen and oxygen atoms in total. The molecule has 1 rings (SSSR count). The zero-order valence-corrected chi connectivity index (χ0v) is 4.78. The quantitative estimate of drug-likeness (QED) is 0.335. The van der Waals surface area contributed by atoms with E-state index in [0.717, 1.165) is 19.3 Å². The summed E-state index contributed by atoms with van der Waals surface area (Å²) in [6.07, 6.45) is 2.83. The van der Waals surface area contributed by atoms with Crippen molar-refractivity contribution in [2.75, 3.05) is 0 Å². The Morgan fingerprint density at radius 2 is 2.12 bits per heavy atom. The first-order valence-electron chi connectivity index (χ1n) is 2.78. The van der Waals surface area contributed by atoms with E-state index in [9.17, 15) is 0 Å². The zero-order chi connectivity index (χ0) is 6.04. The molecule has 0 unspecified atom stereocenters. The molecule has 8 heavy (non-hydrogen) atoms. The van der Waals surface area contributed by atoms with Crippen molar-refractivity contribution in [2.45, 2.75) is 24.9 Å². The van der Waals surface area contributed by atoms with E-state index < -0.39 is 5.66 Å². The smallest absolute Gasteiger partial charge is 0.127 e. The summed E-state index contributed by atoms with van der Waals surface area (Å²) in [7, 11) is 0. The fourth-order valence-corrected chi connectivity index (χ4v) is 0.759. The van der Waals surface area contributed by atoms with Gasteiger partial charge >= 0.3 is 0 Å². The van der Waals surface area contributed by atoms with Crippen LogP contribution in [0.5, 0.6) is 0 Å². The van der Waals surface area contributed by atoms with Gasteiger partial charge in [0.25, 0.3) is 0 Å². The summed E-state index contributed by atoms with van der Waals surface area (Å²) >= 11 is 0. The first-order valence-corrected chi connectivity index (χ1v) is 2.78. The summed E-state index contributed by atoms with van der Waals surface area (Å²) < 4.78 is 0. The van der Waals surface area contributed by atoms with Crippen molar-refractivity contribution in [2.24, 2.45) is 11.5 Å². The summed E-state index contributed by atoms with van der Waals surface area (Å²) in [4.78, 5) is 0. The third-order valence-electron chi connectivity index (χ3n) is 1.21. The predicted molar refractivity (Wildman–Crippen MR) is 32.7 cm³/mol. The number of hydrogen-bond acceptors (Lipinski definition) is 2. The van der Waals surface area contributed by atoms with Crippen molar-refractivity contribution in [1.82, 2.24) is 0 Å². The minimum Gasteiger partial charge on any atom is -0.303 e. The standard InChI is InChI=1S/C6H10N2/c7-6(8)4-2-1-3-5-6/h1-2,4,7-8H2. The molecule has 0 fully saturated rings. The van der Waals surface area contributed by atoms with Crippen LogP contribution in [0.3, 0.4) is 0 Å². The molecule has 0 aromatic rings. The first-order chi connectivity index (χ1) is 3.71. The molecule has 1 aliphatic carbocycles. The minimum atomic E-state index is -0.682. The minimum absolute atomic E-state index is 0.682. The van der Waals surface area contributed by atoms with Crippen LogP contribution in [0, 0.1) is 11.8 Å². The SMILES string of the molecule is NC1(N)C#CCCC1. The van der Waals surface area contributed by atoms with Crippen LogP contribution in [0.25, 0.3) is 0 Å². The molecule has 0 spiro atoms. The van der Waals surface area contributed by atoms with Gasteiger partial charge in [0.15, 0.2) is 0 Å². The first kappa shape index (κ1) is 5.61. The van der Waals surface area contributed by atoms with Crippen LogP contribution in [0.1, 0.15) is 19.3 Å². The van der Waals surface area contributed by atoms with Crippen molar-refractivity contribution >= 4 is 0 Å². The Bertz CT molecular complexity index is 138. The van der Waals surface area contributed by atoms with Crippen molar-refractivity contribution < 1.29 is 0 Å². The summed E-state index contributed by atoms with van der Waals surface area (Å²) in [5.41, 5.74) is 10.3. The van der Waals surface area contributed by atoms with Gasteiger partial charge in [-0.2, -0.15) is 0 Å². The maximum Gasteiger partial charge on any atom is 0.127 e. The van der Waals surface area contributed by atoms with Gasteiger partial charge in [-0.1, -0.05) is 11.8 Å². The molecule has 2 heteroatoms. The van der Waals surface area contributed by atoms with Gasteiger partial charge in [-0.15, -0.1) is 0 Å². The fourth-order valence-electron chi connectivity index (χ4n) is 0.759. The van der Waals surface area contributed by atoms with E-state index in [-0.39, 0.29) is 0 Å². The van der Waals surface area contributed by atoms with E-state index >= 15 is 0 Å². The monoisotopic (exact) mass is 110 g/mol. The van der Waals surface area contributed by atoms with Gasteiger partial charge in [0.1, 0.15) is 5.66 Å². The molecule has 0 heterocycles. The Morgan fingerprint density at radius 1 is 1.38 bits per heavy atom. The average Bonchev–Trinajstić information content (AvgIpc) is 1.65. The Morgan fingerprint density at radius 3 is 2.38 bits per heavy atom. The maximum absolute atomic E-state index is 5.48. The van der Waals surface area contributed by atoms with E-state index in [1.54, 1.807) is 0 Å². The highest BCUT2D eigenvalue weighted by Crippen LogP contribution is 2.07. The van der Waals surface area contributed by atoms with Crippen LogP contribution < -0.4 is 11.5 Å². The van der Waals surface area contributed by atoms with Crippen molar-refractivity contribution in [3.8, 4) is 11.8 Å². The van der Waals surface area contributed by atoms with Crippen LogP contribution in [0.4, 0.5) is 0 Å².